The molecule has 1 aliphatic heterocycles. The quantitative estimate of drug-likeness (QED) is 0.881. The third kappa shape index (κ3) is 4.55. The van der Waals surface area contributed by atoms with Gasteiger partial charge in [0.2, 0.25) is 0 Å². The van der Waals surface area contributed by atoms with E-state index in [-0.39, 0.29) is 5.54 Å². The molecule has 1 heterocycles. The molecule has 2 atom stereocenters. The number of piperazine rings is 1. The number of aryl methyl sites for hydroxylation is 1. The summed E-state index contributed by atoms with van der Waals surface area (Å²) in [6.07, 6.45) is 2.46. The van der Waals surface area contributed by atoms with Crippen LogP contribution in [0.15, 0.2) is 24.3 Å². The van der Waals surface area contributed by atoms with Crippen molar-refractivity contribution in [3.05, 3.63) is 35.4 Å². The molecular weight excluding hydrogens is 256 g/mol. The molecule has 2 unspecified atom stereocenters. The van der Waals surface area contributed by atoms with Gasteiger partial charge >= 0.3 is 0 Å². The smallest absolute Gasteiger partial charge is 0.0278 e. The first-order valence-electron chi connectivity index (χ1n) is 8.46. The Bertz CT molecular complexity index is 455. The highest BCUT2D eigenvalue weighted by atomic mass is 15.2. The average molecular weight is 288 g/mol. The molecule has 1 aliphatic rings. The fourth-order valence-corrected chi connectivity index (χ4v) is 3.37. The van der Waals surface area contributed by atoms with Crippen molar-refractivity contribution in [2.45, 2.75) is 65.6 Å². The minimum absolute atomic E-state index is 0.261. The number of benzene rings is 1. The highest BCUT2D eigenvalue weighted by Crippen LogP contribution is 2.24. The summed E-state index contributed by atoms with van der Waals surface area (Å²) in [5.74, 6) is 0.753. The molecule has 21 heavy (non-hydrogen) atoms. The Balaban J connectivity index is 2.12. The summed E-state index contributed by atoms with van der Waals surface area (Å²) >= 11 is 0. The standard InChI is InChI=1S/C19H32N2/c1-6-19(5)14-21(18(12-20-19)10-15(2)3)13-17-9-7-8-16(4)11-17/h7-9,11,15,18,20H,6,10,12-14H2,1-5H3. The molecule has 0 saturated carbocycles. The molecule has 0 bridgehead atoms. The lowest BCUT2D eigenvalue weighted by atomic mass is 9.90. The summed E-state index contributed by atoms with van der Waals surface area (Å²) in [6.45, 7) is 14.8. The number of nitrogens with one attached hydrogen (secondary N) is 1. The second-order valence-corrected chi connectivity index (χ2v) is 7.47. The Morgan fingerprint density at radius 1 is 1.38 bits per heavy atom. The Labute approximate surface area is 130 Å². The molecule has 1 fully saturated rings. The highest BCUT2D eigenvalue weighted by molar-refractivity contribution is 5.22. The van der Waals surface area contributed by atoms with Crippen LogP contribution in [0.5, 0.6) is 0 Å². The summed E-state index contributed by atoms with van der Waals surface area (Å²) in [6, 6.07) is 9.62. The summed E-state index contributed by atoms with van der Waals surface area (Å²) < 4.78 is 0. The molecule has 1 aromatic rings. The first kappa shape index (κ1) is 16.5. The molecule has 0 amide bonds. The van der Waals surface area contributed by atoms with Gasteiger partial charge in [0.25, 0.3) is 0 Å². The van der Waals surface area contributed by atoms with Crippen LogP contribution in [0.1, 0.15) is 51.7 Å². The van der Waals surface area contributed by atoms with Gasteiger partial charge in [-0.05, 0) is 38.2 Å². The third-order valence-corrected chi connectivity index (χ3v) is 4.82. The van der Waals surface area contributed by atoms with Crippen LogP contribution < -0.4 is 5.32 Å². The maximum atomic E-state index is 3.79. The van der Waals surface area contributed by atoms with Crippen molar-refractivity contribution in [2.24, 2.45) is 5.92 Å². The van der Waals surface area contributed by atoms with Gasteiger partial charge in [0.05, 0.1) is 0 Å². The first-order chi connectivity index (χ1) is 9.92. The van der Waals surface area contributed by atoms with Gasteiger partial charge in [-0.15, -0.1) is 0 Å². The second kappa shape index (κ2) is 6.93. The van der Waals surface area contributed by atoms with Gasteiger partial charge in [-0.25, -0.2) is 0 Å². The second-order valence-electron chi connectivity index (χ2n) is 7.47. The van der Waals surface area contributed by atoms with E-state index < -0.39 is 0 Å². The predicted molar refractivity (Wildman–Crippen MR) is 91.5 cm³/mol. The van der Waals surface area contributed by atoms with Gasteiger partial charge in [-0.2, -0.15) is 0 Å². The average Bonchev–Trinajstić information content (AvgIpc) is 2.42. The molecule has 0 aromatic heterocycles. The number of hydrogen-bond acceptors (Lipinski definition) is 2. The zero-order chi connectivity index (χ0) is 15.5. The van der Waals surface area contributed by atoms with E-state index in [9.17, 15) is 0 Å². The number of rotatable bonds is 5. The Hall–Kier alpha value is -0.860. The number of hydrogen-bond donors (Lipinski definition) is 1. The molecule has 1 saturated heterocycles. The fraction of sp³-hybridized carbons (Fsp3) is 0.684. The van der Waals surface area contributed by atoms with Crippen LogP contribution in [-0.2, 0) is 6.54 Å². The van der Waals surface area contributed by atoms with Crippen LogP contribution in [-0.4, -0.2) is 29.6 Å². The summed E-state index contributed by atoms with van der Waals surface area (Å²) in [5.41, 5.74) is 3.07. The van der Waals surface area contributed by atoms with Crippen molar-refractivity contribution in [3.63, 3.8) is 0 Å². The summed E-state index contributed by atoms with van der Waals surface area (Å²) in [7, 11) is 0. The minimum atomic E-state index is 0.261. The summed E-state index contributed by atoms with van der Waals surface area (Å²) in [5, 5.41) is 3.79. The third-order valence-electron chi connectivity index (χ3n) is 4.82. The molecule has 118 valence electrons. The van der Waals surface area contributed by atoms with Gasteiger partial charge in [-0.1, -0.05) is 50.6 Å². The maximum absolute atomic E-state index is 3.79. The van der Waals surface area contributed by atoms with Crippen molar-refractivity contribution in [2.75, 3.05) is 13.1 Å². The normalized spacial score (nSPS) is 27.2. The van der Waals surface area contributed by atoms with Gasteiger partial charge in [0.1, 0.15) is 0 Å². The molecule has 2 nitrogen and oxygen atoms in total. The van der Waals surface area contributed by atoms with Gasteiger partial charge in [0, 0.05) is 31.2 Å². The van der Waals surface area contributed by atoms with Crippen LogP contribution in [0.25, 0.3) is 0 Å². The lowest BCUT2D eigenvalue weighted by Gasteiger charge is -2.46. The zero-order valence-electron chi connectivity index (χ0n) is 14.4. The Kier molecular flexibility index (Phi) is 5.45. The van der Waals surface area contributed by atoms with Crippen molar-refractivity contribution >= 4 is 0 Å². The largest absolute Gasteiger partial charge is 0.309 e. The van der Waals surface area contributed by atoms with Crippen molar-refractivity contribution < 1.29 is 0 Å². The lowest BCUT2D eigenvalue weighted by Crippen LogP contribution is -2.62. The van der Waals surface area contributed by atoms with E-state index in [1.807, 2.05) is 0 Å². The van der Waals surface area contributed by atoms with E-state index in [1.165, 1.54) is 24.0 Å². The van der Waals surface area contributed by atoms with E-state index >= 15 is 0 Å². The van der Waals surface area contributed by atoms with E-state index in [1.54, 1.807) is 0 Å². The lowest BCUT2D eigenvalue weighted by molar-refractivity contribution is 0.0664. The van der Waals surface area contributed by atoms with Crippen molar-refractivity contribution in [1.82, 2.24) is 10.2 Å². The molecule has 2 heteroatoms. The topological polar surface area (TPSA) is 15.3 Å². The molecule has 2 rings (SSSR count). The van der Waals surface area contributed by atoms with Gasteiger partial charge in [0.15, 0.2) is 0 Å². The van der Waals surface area contributed by atoms with Gasteiger partial charge < -0.3 is 5.32 Å². The van der Waals surface area contributed by atoms with E-state index in [0.717, 1.165) is 25.6 Å². The minimum Gasteiger partial charge on any atom is -0.309 e. The van der Waals surface area contributed by atoms with Crippen molar-refractivity contribution in [3.8, 4) is 0 Å². The Morgan fingerprint density at radius 3 is 2.76 bits per heavy atom. The first-order valence-corrected chi connectivity index (χ1v) is 8.46. The SMILES string of the molecule is CCC1(C)CN(Cc2cccc(C)c2)C(CC(C)C)CN1. The molecular formula is C19H32N2. The van der Waals surface area contributed by atoms with Gasteiger partial charge in [-0.3, -0.25) is 4.90 Å². The maximum Gasteiger partial charge on any atom is 0.0278 e. The predicted octanol–water partition coefficient (Wildman–Crippen LogP) is 3.98. The molecule has 1 aromatic carbocycles. The van der Waals surface area contributed by atoms with Crippen LogP contribution in [0.4, 0.5) is 0 Å². The number of nitrogens with zero attached hydrogens (tertiary/aromatic N) is 1. The van der Waals surface area contributed by atoms with E-state index in [4.69, 9.17) is 0 Å². The molecule has 1 N–H and O–H groups in total. The molecule has 0 aliphatic carbocycles. The highest BCUT2D eigenvalue weighted by Gasteiger charge is 2.34. The van der Waals surface area contributed by atoms with Crippen LogP contribution >= 0.6 is 0 Å². The molecule has 0 spiro atoms. The van der Waals surface area contributed by atoms with E-state index in [2.05, 4.69) is 69.1 Å². The molecule has 0 radical (unpaired) electrons. The van der Waals surface area contributed by atoms with Crippen LogP contribution in [0, 0.1) is 12.8 Å². The summed E-state index contributed by atoms with van der Waals surface area (Å²) in [4.78, 5) is 2.70. The van der Waals surface area contributed by atoms with Crippen LogP contribution in [0.2, 0.25) is 0 Å². The monoisotopic (exact) mass is 288 g/mol. The van der Waals surface area contributed by atoms with Crippen LogP contribution in [0.3, 0.4) is 0 Å². The fourth-order valence-electron chi connectivity index (χ4n) is 3.37. The van der Waals surface area contributed by atoms with E-state index in [0.29, 0.717) is 6.04 Å². The van der Waals surface area contributed by atoms with Crippen molar-refractivity contribution in [1.29, 1.82) is 0 Å². The Morgan fingerprint density at radius 2 is 2.14 bits per heavy atom. The zero-order valence-corrected chi connectivity index (χ0v) is 14.4.